The number of nitrogens with one attached hydrogen (secondary N) is 1. The number of nitrogens with zero attached hydrogens (tertiary/aromatic N) is 4. The molecule has 132 valence electrons. The van der Waals surface area contributed by atoms with Crippen molar-refractivity contribution in [2.45, 2.75) is 13.8 Å². The number of pyridine rings is 1. The molecule has 4 heterocycles. The predicted octanol–water partition coefficient (Wildman–Crippen LogP) is 4.27. The molecule has 1 aliphatic rings. The summed E-state index contributed by atoms with van der Waals surface area (Å²) in [5.41, 5.74) is 8.82. The van der Waals surface area contributed by atoms with Crippen LogP contribution in [-0.2, 0) is 0 Å². The van der Waals surface area contributed by atoms with Crippen LogP contribution in [0.2, 0.25) is 0 Å². The number of rotatable bonds is 2. The second-order valence-electron chi connectivity index (χ2n) is 6.83. The molecular weight excluding hydrogens is 334 g/mol. The topological polar surface area (TPSA) is 55.1 Å². The monoisotopic (exact) mass is 353 g/mol. The van der Waals surface area contributed by atoms with Gasteiger partial charge in [0.05, 0.1) is 5.69 Å². The molecule has 0 fully saturated rings. The van der Waals surface area contributed by atoms with Gasteiger partial charge in [-0.3, -0.25) is 0 Å². The molecule has 5 heteroatoms. The van der Waals surface area contributed by atoms with E-state index in [4.69, 9.17) is 10.1 Å². The summed E-state index contributed by atoms with van der Waals surface area (Å²) < 4.78 is 1.81. The summed E-state index contributed by atoms with van der Waals surface area (Å²) in [5.74, 6) is 0.898. The molecule has 5 rings (SSSR count). The van der Waals surface area contributed by atoms with Crippen LogP contribution in [0, 0.1) is 13.8 Å². The highest BCUT2D eigenvalue weighted by Crippen LogP contribution is 2.35. The molecule has 0 saturated heterocycles. The summed E-state index contributed by atoms with van der Waals surface area (Å²) in [6.07, 6.45) is 7.75. The van der Waals surface area contributed by atoms with Crippen LogP contribution in [0.4, 0.5) is 5.82 Å². The van der Waals surface area contributed by atoms with Crippen LogP contribution < -0.4 is 5.32 Å². The summed E-state index contributed by atoms with van der Waals surface area (Å²) in [6.45, 7) is 5.03. The molecule has 27 heavy (non-hydrogen) atoms. The Morgan fingerprint density at radius 2 is 1.89 bits per heavy atom. The number of hydrogen-bond acceptors (Lipinski definition) is 4. The number of imidazole rings is 1. The van der Waals surface area contributed by atoms with Crippen molar-refractivity contribution in [1.82, 2.24) is 19.6 Å². The molecule has 0 spiro atoms. The van der Waals surface area contributed by atoms with Gasteiger partial charge >= 0.3 is 0 Å². The van der Waals surface area contributed by atoms with Crippen molar-refractivity contribution in [3.8, 4) is 11.1 Å². The second kappa shape index (κ2) is 6.06. The van der Waals surface area contributed by atoms with E-state index in [9.17, 15) is 0 Å². The Kier molecular flexibility index (Phi) is 3.53. The van der Waals surface area contributed by atoms with Gasteiger partial charge in [-0.2, -0.15) is 5.10 Å². The van der Waals surface area contributed by atoms with Crippen LogP contribution in [0.15, 0.2) is 61.1 Å². The largest absolute Gasteiger partial charge is 0.366 e. The van der Waals surface area contributed by atoms with Gasteiger partial charge in [0.25, 0.3) is 0 Å². The second-order valence-corrected chi connectivity index (χ2v) is 6.83. The first-order valence-corrected chi connectivity index (χ1v) is 9.02. The maximum Gasteiger partial charge on any atom is 0.153 e. The number of aryl methyl sites for hydroxylation is 2. The maximum atomic E-state index is 4.73. The maximum absolute atomic E-state index is 4.73. The van der Waals surface area contributed by atoms with Crippen molar-refractivity contribution in [3.05, 3.63) is 83.4 Å². The third-order valence-corrected chi connectivity index (χ3v) is 5.05. The fourth-order valence-corrected chi connectivity index (χ4v) is 3.78. The van der Waals surface area contributed by atoms with Crippen molar-refractivity contribution < 1.29 is 0 Å². The molecule has 0 aliphatic carbocycles. The van der Waals surface area contributed by atoms with E-state index < -0.39 is 0 Å². The van der Waals surface area contributed by atoms with E-state index in [1.54, 1.807) is 10.7 Å². The number of hydrogen-bond donors (Lipinski definition) is 1. The number of anilines is 1. The van der Waals surface area contributed by atoms with Crippen molar-refractivity contribution in [3.63, 3.8) is 0 Å². The van der Waals surface area contributed by atoms with E-state index in [0.717, 1.165) is 40.4 Å². The van der Waals surface area contributed by atoms with Gasteiger partial charge in [-0.15, -0.1) is 0 Å². The van der Waals surface area contributed by atoms with Crippen molar-refractivity contribution in [2.24, 2.45) is 0 Å². The van der Waals surface area contributed by atoms with Gasteiger partial charge in [0, 0.05) is 41.8 Å². The number of benzene rings is 1. The van der Waals surface area contributed by atoms with Crippen molar-refractivity contribution in [2.75, 3.05) is 11.9 Å². The van der Waals surface area contributed by atoms with Gasteiger partial charge in [-0.05, 0) is 48.7 Å². The van der Waals surface area contributed by atoms with E-state index in [-0.39, 0.29) is 0 Å². The first-order valence-electron chi connectivity index (χ1n) is 9.02. The zero-order chi connectivity index (χ0) is 18.4. The van der Waals surface area contributed by atoms with Crippen LogP contribution in [0.5, 0.6) is 0 Å². The van der Waals surface area contributed by atoms with Crippen LogP contribution >= 0.6 is 0 Å². The zero-order valence-electron chi connectivity index (χ0n) is 15.3. The molecule has 1 aromatic carbocycles. The Balaban J connectivity index is 1.67. The van der Waals surface area contributed by atoms with Crippen LogP contribution in [-0.4, -0.2) is 26.1 Å². The molecule has 0 unspecified atom stereocenters. The minimum atomic E-state index is 0.738. The molecule has 1 aliphatic heterocycles. The molecule has 3 aromatic heterocycles. The zero-order valence-corrected chi connectivity index (χ0v) is 15.3. The fraction of sp³-hybridized carbons (Fsp3) is 0.136. The lowest BCUT2D eigenvalue weighted by Crippen LogP contribution is -2.12. The van der Waals surface area contributed by atoms with Gasteiger partial charge in [0.2, 0.25) is 0 Å². The van der Waals surface area contributed by atoms with Crippen LogP contribution in [0.25, 0.3) is 22.3 Å². The van der Waals surface area contributed by atoms with E-state index in [1.165, 1.54) is 16.7 Å². The van der Waals surface area contributed by atoms with Gasteiger partial charge < -0.3 is 5.32 Å². The summed E-state index contributed by atoms with van der Waals surface area (Å²) in [5, 5.41) is 8.09. The van der Waals surface area contributed by atoms with Crippen molar-refractivity contribution in [1.29, 1.82) is 0 Å². The highest BCUT2D eigenvalue weighted by molar-refractivity contribution is 5.88. The van der Waals surface area contributed by atoms with Crippen LogP contribution in [0.1, 0.15) is 22.4 Å². The Hall–Kier alpha value is -3.47. The smallest absolute Gasteiger partial charge is 0.153 e. The summed E-state index contributed by atoms with van der Waals surface area (Å²) >= 11 is 0. The normalized spacial score (nSPS) is 13.2. The highest BCUT2D eigenvalue weighted by Gasteiger charge is 2.18. The average Bonchev–Trinajstić information content (AvgIpc) is 3.15. The fourth-order valence-electron chi connectivity index (χ4n) is 3.78. The standard InChI is InChI=1S/C22H19N5/c1-14-4-3-5-15(2)21(14)16-12-18-17(8-9-24-22(18)25-13-16)19-6-7-20-23-10-11-27(20)26-19/h3-8,10-13H,9H2,1-2H3,(H,24,25). The average molecular weight is 353 g/mol. The minimum Gasteiger partial charge on any atom is -0.366 e. The molecule has 0 saturated carbocycles. The molecule has 4 aromatic rings. The van der Waals surface area contributed by atoms with E-state index in [0.29, 0.717) is 0 Å². The molecule has 1 N–H and O–H groups in total. The van der Waals surface area contributed by atoms with E-state index in [1.807, 2.05) is 24.5 Å². The third kappa shape index (κ3) is 2.59. The first-order chi connectivity index (χ1) is 13.2. The molecule has 0 atom stereocenters. The third-order valence-electron chi connectivity index (χ3n) is 5.05. The molecule has 0 amide bonds. The molecule has 5 nitrogen and oxygen atoms in total. The molecule has 0 radical (unpaired) electrons. The lowest BCUT2D eigenvalue weighted by atomic mass is 9.93. The Morgan fingerprint density at radius 3 is 2.74 bits per heavy atom. The minimum absolute atomic E-state index is 0.738. The molecular formula is C22H19N5. The van der Waals surface area contributed by atoms with Gasteiger partial charge in [0.1, 0.15) is 5.82 Å². The number of aromatic nitrogens is 4. The number of fused-ring (bicyclic) bond motifs is 2. The Morgan fingerprint density at radius 1 is 1.04 bits per heavy atom. The first kappa shape index (κ1) is 15.8. The van der Waals surface area contributed by atoms with Crippen LogP contribution in [0.3, 0.4) is 0 Å². The Labute approximate surface area is 157 Å². The summed E-state index contributed by atoms with van der Waals surface area (Å²) in [6, 6.07) is 12.6. The Bertz CT molecular complexity index is 1180. The quantitative estimate of drug-likeness (QED) is 0.585. The predicted molar refractivity (Wildman–Crippen MR) is 108 cm³/mol. The van der Waals surface area contributed by atoms with E-state index in [2.05, 4.69) is 54.5 Å². The summed E-state index contributed by atoms with van der Waals surface area (Å²) in [4.78, 5) is 8.99. The van der Waals surface area contributed by atoms with E-state index >= 15 is 0 Å². The van der Waals surface area contributed by atoms with Gasteiger partial charge in [0.15, 0.2) is 5.65 Å². The van der Waals surface area contributed by atoms with Crippen molar-refractivity contribution >= 4 is 17.0 Å². The highest BCUT2D eigenvalue weighted by atomic mass is 15.2. The SMILES string of the molecule is Cc1cccc(C)c1-c1cnc2c(c1)C(c1ccc3nccn3n1)=CCN2. The van der Waals surface area contributed by atoms with Gasteiger partial charge in [-0.25, -0.2) is 14.5 Å². The lowest BCUT2D eigenvalue weighted by Gasteiger charge is -2.20. The lowest BCUT2D eigenvalue weighted by molar-refractivity contribution is 0.920. The van der Waals surface area contributed by atoms with Gasteiger partial charge in [-0.1, -0.05) is 24.3 Å². The molecule has 0 bridgehead atoms. The summed E-state index contributed by atoms with van der Waals surface area (Å²) in [7, 11) is 0.